The predicted molar refractivity (Wildman–Crippen MR) is 134 cm³/mol. The summed E-state index contributed by atoms with van der Waals surface area (Å²) in [5, 5.41) is 1.99. The second kappa shape index (κ2) is 10.4. The zero-order chi connectivity index (χ0) is 23.4. The first-order valence-corrected chi connectivity index (χ1v) is 11.8. The number of carbonyl (C=O) groups is 2. The van der Waals surface area contributed by atoms with Crippen LogP contribution in [0.5, 0.6) is 11.5 Å². The highest BCUT2D eigenvalue weighted by Gasteiger charge is 2.34. The van der Waals surface area contributed by atoms with Crippen LogP contribution in [0.15, 0.2) is 64.0 Å². The summed E-state index contributed by atoms with van der Waals surface area (Å²) in [6.45, 7) is 0.900. The smallest absolute Gasteiger partial charge is 0.293 e. The van der Waals surface area contributed by atoms with Crippen molar-refractivity contribution in [1.29, 1.82) is 0 Å². The van der Waals surface area contributed by atoms with Crippen molar-refractivity contribution < 1.29 is 23.8 Å². The van der Waals surface area contributed by atoms with E-state index in [-0.39, 0.29) is 17.7 Å². The Morgan fingerprint density at radius 1 is 1.03 bits per heavy atom. The van der Waals surface area contributed by atoms with Crippen LogP contribution in [0.4, 0.5) is 4.79 Å². The fourth-order valence-corrected chi connectivity index (χ4v) is 4.82. The topological polar surface area (TPSA) is 65.1 Å². The van der Waals surface area contributed by atoms with E-state index in [1.807, 2.05) is 30.3 Å². The fraction of sp³-hybridized carbons (Fsp3) is 0.200. The molecule has 33 heavy (non-hydrogen) atoms. The van der Waals surface area contributed by atoms with Gasteiger partial charge in [-0.1, -0.05) is 58.4 Å². The van der Waals surface area contributed by atoms with Gasteiger partial charge in [0.25, 0.3) is 11.1 Å². The zero-order valence-electron chi connectivity index (χ0n) is 18.2. The van der Waals surface area contributed by atoms with Crippen molar-refractivity contribution >= 4 is 55.7 Å². The van der Waals surface area contributed by atoms with E-state index in [1.165, 1.54) is 12.0 Å². The summed E-state index contributed by atoms with van der Waals surface area (Å²) < 4.78 is 17.4. The van der Waals surface area contributed by atoms with E-state index in [9.17, 15) is 9.59 Å². The summed E-state index contributed by atoms with van der Waals surface area (Å²) in [5.74, 6) is 0.773. The molecule has 3 aromatic rings. The number of amides is 2. The minimum atomic E-state index is -0.329. The summed E-state index contributed by atoms with van der Waals surface area (Å²) in [6, 6.07) is 17.9. The van der Waals surface area contributed by atoms with Crippen LogP contribution in [0.25, 0.3) is 16.8 Å². The number of benzene rings is 3. The van der Waals surface area contributed by atoms with Crippen molar-refractivity contribution in [2.45, 2.75) is 6.61 Å². The third kappa shape index (κ3) is 5.08. The molecule has 6 nitrogen and oxygen atoms in total. The van der Waals surface area contributed by atoms with Crippen molar-refractivity contribution in [1.82, 2.24) is 4.90 Å². The normalized spacial score (nSPS) is 15.0. The molecule has 0 unspecified atom stereocenters. The van der Waals surface area contributed by atoms with E-state index in [4.69, 9.17) is 14.2 Å². The molecule has 0 bridgehead atoms. The highest BCUT2D eigenvalue weighted by atomic mass is 79.9. The van der Waals surface area contributed by atoms with Gasteiger partial charge in [-0.2, -0.15) is 0 Å². The Bertz CT molecular complexity index is 1240. The van der Waals surface area contributed by atoms with E-state index in [0.717, 1.165) is 32.6 Å². The summed E-state index contributed by atoms with van der Waals surface area (Å²) in [6.07, 6.45) is 1.68. The third-order valence-electron chi connectivity index (χ3n) is 5.23. The number of nitrogens with zero attached hydrogens (tertiary/aromatic N) is 1. The first kappa shape index (κ1) is 23.4. The number of rotatable bonds is 8. The van der Waals surface area contributed by atoms with Gasteiger partial charge in [-0.25, -0.2) is 0 Å². The number of fused-ring (bicyclic) bond motifs is 1. The van der Waals surface area contributed by atoms with Crippen LogP contribution in [0.3, 0.4) is 0 Å². The molecular formula is C25H22BrNO5S. The van der Waals surface area contributed by atoms with Crippen molar-refractivity contribution in [3.05, 3.63) is 75.1 Å². The Morgan fingerprint density at radius 2 is 1.82 bits per heavy atom. The molecule has 0 atom stereocenters. The van der Waals surface area contributed by atoms with Crippen LogP contribution in [0, 0.1) is 0 Å². The van der Waals surface area contributed by atoms with E-state index in [1.54, 1.807) is 19.3 Å². The van der Waals surface area contributed by atoms with E-state index in [0.29, 0.717) is 35.2 Å². The largest absolute Gasteiger partial charge is 0.493 e. The van der Waals surface area contributed by atoms with Gasteiger partial charge >= 0.3 is 0 Å². The first-order chi connectivity index (χ1) is 16.0. The fourth-order valence-electron chi connectivity index (χ4n) is 3.52. The lowest BCUT2D eigenvalue weighted by Crippen LogP contribution is -2.31. The molecule has 1 aliphatic heterocycles. The van der Waals surface area contributed by atoms with Crippen LogP contribution in [0.1, 0.15) is 11.1 Å². The van der Waals surface area contributed by atoms with Crippen LogP contribution in [-0.4, -0.2) is 43.4 Å². The highest BCUT2D eigenvalue weighted by molar-refractivity contribution is 9.10. The van der Waals surface area contributed by atoms with Crippen molar-refractivity contribution in [2.75, 3.05) is 27.4 Å². The Balaban J connectivity index is 1.57. The number of carbonyl (C=O) groups excluding carboxylic acids is 2. The molecule has 0 radical (unpaired) electrons. The predicted octanol–water partition coefficient (Wildman–Crippen LogP) is 5.87. The van der Waals surface area contributed by atoms with Gasteiger partial charge in [0, 0.05) is 11.6 Å². The van der Waals surface area contributed by atoms with Gasteiger partial charge in [0.1, 0.15) is 6.61 Å². The minimum absolute atomic E-state index is 0.226. The van der Waals surface area contributed by atoms with Gasteiger partial charge in [-0.15, -0.1) is 0 Å². The standard InChI is InChI=1S/C25H22BrNO5S/c1-30-11-10-27-24(28)23(33-25(27)29)13-18-12-21(31-2)22(14-20(18)26)32-15-17-8-5-7-16-6-3-4-9-19(16)17/h3-9,12-14H,10-11,15H2,1-2H3/b23-13+. The van der Waals surface area contributed by atoms with Gasteiger partial charge in [0.15, 0.2) is 11.5 Å². The van der Waals surface area contributed by atoms with Crippen molar-refractivity contribution in [3.8, 4) is 11.5 Å². The maximum absolute atomic E-state index is 12.6. The Labute approximate surface area is 204 Å². The number of imide groups is 1. The molecular weight excluding hydrogens is 506 g/mol. The number of methoxy groups -OCH3 is 2. The quantitative estimate of drug-likeness (QED) is 0.341. The number of ether oxygens (including phenoxy) is 3. The highest BCUT2D eigenvalue weighted by Crippen LogP contribution is 2.38. The lowest BCUT2D eigenvalue weighted by atomic mass is 10.1. The molecule has 0 spiro atoms. The third-order valence-corrected chi connectivity index (χ3v) is 6.82. The molecule has 0 N–H and O–H groups in total. The van der Waals surface area contributed by atoms with Gasteiger partial charge in [-0.3, -0.25) is 14.5 Å². The molecule has 1 aliphatic rings. The summed E-state index contributed by atoms with van der Waals surface area (Å²) >= 11 is 4.47. The monoisotopic (exact) mass is 527 g/mol. The Morgan fingerprint density at radius 3 is 2.61 bits per heavy atom. The van der Waals surface area contributed by atoms with Crippen LogP contribution in [0.2, 0.25) is 0 Å². The van der Waals surface area contributed by atoms with E-state index in [2.05, 4.69) is 34.1 Å². The lowest BCUT2D eigenvalue weighted by Gasteiger charge is -2.14. The van der Waals surface area contributed by atoms with Crippen LogP contribution in [-0.2, 0) is 16.1 Å². The molecule has 0 saturated carbocycles. The second-order valence-corrected chi connectivity index (χ2v) is 9.13. The van der Waals surface area contributed by atoms with Crippen LogP contribution < -0.4 is 9.47 Å². The maximum atomic E-state index is 12.6. The van der Waals surface area contributed by atoms with Gasteiger partial charge in [0.05, 0.1) is 25.2 Å². The molecule has 1 fully saturated rings. The van der Waals surface area contributed by atoms with Crippen molar-refractivity contribution in [3.63, 3.8) is 0 Å². The van der Waals surface area contributed by atoms with Gasteiger partial charge in [0.2, 0.25) is 0 Å². The number of hydrogen-bond donors (Lipinski definition) is 0. The molecule has 0 aromatic heterocycles. The molecule has 3 aromatic carbocycles. The first-order valence-electron chi connectivity index (χ1n) is 10.2. The zero-order valence-corrected chi connectivity index (χ0v) is 20.6. The maximum Gasteiger partial charge on any atom is 0.293 e. The molecule has 170 valence electrons. The summed E-state index contributed by atoms with van der Waals surface area (Å²) in [7, 11) is 3.10. The number of hydrogen-bond acceptors (Lipinski definition) is 6. The SMILES string of the molecule is COCCN1C(=O)S/C(=C/c2cc(OC)c(OCc3cccc4ccccc34)cc2Br)C1=O. The number of halogens is 1. The van der Waals surface area contributed by atoms with Gasteiger partial charge < -0.3 is 14.2 Å². The second-order valence-electron chi connectivity index (χ2n) is 7.28. The molecule has 8 heteroatoms. The van der Waals surface area contributed by atoms with Gasteiger partial charge in [-0.05, 0) is 51.9 Å². The summed E-state index contributed by atoms with van der Waals surface area (Å²) in [5.41, 5.74) is 1.78. The molecule has 1 saturated heterocycles. The van der Waals surface area contributed by atoms with Crippen molar-refractivity contribution in [2.24, 2.45) is 0 Å². The number of thioether (sulfide) groups is 1. The average molecular weight is 528 g/mol. The molecule has 0 aliphatic carbocycles. The van der Waals surface area contributed by atoms with Crippen LogP contribution >= 0.6 is 27.7 Å². The lowest BCUT2D eigenvalue weighted by molar-refractivity contribution is -0.123. The Hall–Kier alpha value is -2.81. The molecule has 2 amide bonds. The van der Waals surface area contributed by atoms with E-state index >= 15 is 0 Å². The molecule has 4 rings (SSSR count). The minimum Gasteiger partial charge on any atom is -0.493 e. The van der Waals surface area contributed by atoms with E-state index < -0.39 is 0 Å². The average Bonchev–Trinajstić information content (AvgIpc) is 3.09. The summed E-state index contributed by atoms with van der Waals surface area (Å²) in [4.78, 5) is 26.3. The Kier molecular flexibility index (Phi) is 7.37. The molecule has 1 heterocycles.